The fraction of sp³-hybridized carbons (Fsp3) is 0.106. The summed E-state index contributed by atoms with van der Waals surface area (Å²) in [5.41, 5.74) is 14.9. The van der Waals surface area contributed by atoms with Crippen LogP contribution < -0.4 is 9.80 Å². The van der Waals surface area contributed by atoms with Crippen LogP contribution in [0, 0.1) is 0 Å². The Hall–Kier alpha value is -5.86. The fourth-order valence-electron chi connectivity index (χ4n) is 7.54. The van der Waals surface area contributed by atoms with Crippen LogP contribution >= 0.6 is 0 Å². The van der Waals surface area contributed by atoms with E-state index >= 15 is 0 Å². The second kappa shape index (κ2) is 12.6. The van der Waals surface area contributed by atoms with Crippen molar-refractivity contribution in [3.63, 3.8) is 0 Å². The minimum absolute atomic E-state index is 0.0572. The molecule has 0 amide bonds. The molecule has 49 heavy (non-hydrogen) atoms. The smallest absolute Gasteiger partial charge is 0.0543 e. The summed E-state index contributed by atoms with van der Waals surface area (Å²) >= 11 is 0. The molecular weight excluding hydrogens is 593 g/mol. The van der Waals surface area contributed by atoms with Gasteiger partial charge >= 0.3 is 0 Å². The van der Waals surface area contributed by atoms with Crippen molar-refractivity contribution in [1.29, 1.82) is 0 Å². The lowest BCUT2D eigenvalue weighted by molar-refractivity contribution is 0.660. The molecule has 0 saturated carbocycles. The molecule has 7 aromatic carbocycles. The summed E-state index contributed by atoms with van der Waals surface area (Å²) in [4.78, 5) is 4.73. The number of para-hydroxylation sites is 3. The Kier molecular flexibility index (Phi) is 7.86. The molecule has 1 unspecified atom stereocenters. The molecule has 0 radical (unpaired) electrons. The summed E-state index contributed by atoms with van der Waals surface area (Å²) in [7, 11) is 0. The van der Waals surface area contributed by atoms with Crippen LogP contribution in [-0.4, -0.2) is 0 Å². The van der Waals surface area contributed by atoms with Gasteiger partial charge in [0.05, 0.1) is 5.69 Å². The number of fused-ring (bicyclic) bond motifs is 3. The van der Waals surface area contributed by atoms with Crippen LogP contribution in [0.25, 0.3) is 11.1 Å². The van der Waals surface area contributed by atoms with Gasteiger partial charge in [0.1, 0.15) is 0 Å². The topological polar surface area (TPSA) is 6.48 Å². The van der Waals surface area contributed by atoms with Crippen molar-refractivity contribution >= 4 is 34.1 Å². The molecule has 238 valence electrons. The van der Waals surface area contributed by atoms with Crippen molar-refractivity contribution in [2.24, 2.45) is 0 Å². The van der Waals surface area contributed by atoms with E-state index in [0.29, 0.717) is 0 Å². The van der Waals surface area contributed by atoms with E-state index in [-0.39, 0.29) is 11.3 Å². The van der Waals surface area contributed by atoms with Crippen molar-refractivity contribution in [3.05, 3.63) is 204 Å². The molecule has 2 nitrogen and oxygen atoms in total. The van der Waals surface area contributed by atoms with E-state index in [9.17, 15) is 0 Å². The SMILES string of the molecule is CC(c1ccc(N(c2ccccc2)c2ccccc2)cc1)c1ccc(N(c2ccccc2)c2cccc3c2-c2ccccc2C3(C)C)cc1. The molecule has 0 aromatic heterocycles. The van der Waals surface area contributed by atoms with Gasteiger partial charge in [-0.1, -0.05) is 136 Å². The third-order valence-electron chi connectivity index (χ3n) is 10.2. The van der Waals surface area contributed by atoms with Crippen LogP contribution in [0.2, 0.25) is 0 Å². The molecule has 0 fully saturated rings. The first kappa shape index (κ1) is 30.5. The first-order valence-electron chi connectivity index (χ1n) is 17.2. The van der Waals surface area contributed by atoms with E-state index in [0.717, 1.165) is 28.4 Å². The van der Waals surface area contributed by atoms with Gasteiger partial charge in [-0.2, -0.15) is 0 Å². The average molecular weight is 633 g/mol. The van der Waals surface area contributed by atoms with Gasteiger partial charge in [0.15, 0.2) is 0 Å². The van der Waals surface area contributed by atoms with E-state index in [1.807, 2.05) is 0 Å². The van der Waals surface area contributed by atoms with Crippen LogP contribution in [0.1, 0.15) is 48.9 Å². The normalized spacial score (nSPS) is 13.3. The highest BCUT2D eigenvalue weighted by molar-refractivity contribution is 5.94. The largest absolute Gasteiger partial charge is 0.311 e. The average Bonchev–Trinajstić information content (AvgIpc) is 3.40. The Bertz CT molecular complexity index is 2150. The third kappa shape index (κ3) is 5.50. The van der Waals surface area contributed by atoms with E-state index in [1.165, 1.54) is 39.1 Å². The van der Waals surface area contributed by atoms with Crippen molar-refractivity contribution in [1.82, 2.24) is 0 Å². The molecule has 1 aliphatic rings. The number of nitrogens with zero attached hydrogens (tertiary/aromatic N) is 2. The molecular formula is C47H40N2. The van der Waals surface area contributed by atoms with Gasteiger partial charge in [0.2, 0.25) is 0 Å². The zero-order chi connectivity index (χ0) is 33.4. The zero-order valence-electron chi connectivity index (χ0n) is 28.3. The molecule has 0 aliphatic heterocycles. The Labute approximate surface area is 290 Å². The zero-order valence-corrected chi connectivity index (χ0v) is 28.3. The van der Waals surface area contributed by atoms with Gasteiger partial charge in [0, 0.05) is 45.3 Å². The molecule has 0 N–H and O–H groups in total. The van der Waals surface area contributed by atoms with Crippen molar-refractivity contribution in [3.8, 4) is 11.1 Å². The lowest BCUT2D eigenvalue weighted by atomic mass is 9.82. The lowest BCUT2D eigenvalue weighted by Gasteiger charge is -2.29. The Morgan fingerprint density at radius 1 is 0.388 bits per heavy atom. The highest BCUT2D eigenvalue weighted by Crippen LogP contribution is 2.54. The van der Waals surface area contributed by atoms with Crippen LogP contribution in [0.5, 0.6) is 0 Å². The van der Waals surface area contributed by atoms with Crippen molar-refractivity contribution in [2.75, 3.05) is 9.80 Å². The maximum atomic E-state index is 2.42. The number of hydrogen-bond donors (Lipinski definition) is 0. The van der Waals surface area contributed by atoms with Gasteiger partial charge in [-0.25, -0.2) is 0 Å². The molecule has 1 aliphatic carbocycles. The molecule has 0 saturated heterocycles. The van der Waals surface area contributed by atoms with Crippen molar-refractivity contribution < 1.29 is 0 Å². The molecule has 7 aromatic rings. The first-order valence-corrected chi connectivity index (χ1v) is 17.2. The summed E-state index contributed by atoms with van der Waals surface area (Å²) in [5.74, 6) is 0.240. The summed E-state index contributed by atoms with van der Waals surface area (Å²) in [5, 5.41) is 0. The lowest BCUT2D eigenvalue weighted by Crippen LogP contribution is -2.16. The third-order valence-corrected chi connectivity index (χ3v) is 10.2. The highest BCUT2D eigenvalue weighted by Gasteiger charge is 2.37. The molecule has 1 atom stereocenters. The second-order valence-corrected chi connectivity index (χ2v) is 13.5. The van der Waals surface area contributed by atoms with E-state index < -0.39 is 0 Å². The monoisotopic (exact) mass is 632 g/mol. The molecule has 0 spiro atoms. The summed E-state index contributed by atoms with van der Waals surface area (Å²) in [6, 6.07) is 65.8. The molecule has 8 rings (SSSR count). The standard InChI is InChI=1S/C47H40N2/c1-34(35-26-30-40(31-27-35)48(37-16-7-4-8-17-37)38-18-9-5-10-19-38)36-28-32-41(33-29-36)49(39-20-11-6-12-21-39)45-25-15-24-44-46(45)42-22-13-14-23-43(42)47(44,2)3/h4-34H,1-3H3. The molecule has 0 heterocycles. The first-order chi connectivity index (χ1) is 24.0. The summed E-state index contributed by atoms with van der Waals surface area (Å²) < 4.78 is 0. The predicted molar refractivity (Wildman–Crippen MR) is 207 cm³/mol. The van der Waals surface area contributed by atoms with Gasteiger partial charge in [-0.05, 0) is 94.5 Å². The number of benzene rings is 7. The van der Waals surface area contributed by atoms with Gasteiger partial charge in [0.25, 0.3) is 0 Å². The quantitative estimate of drug-likeness (QED) is 0.164. The Morgan fingerprint density at radius 2 is 0.796 bits per heavy atom. The van der Waals surface area contributed by atoms with Gasteiger partial charge < -0.3 is 9.80 Å². The van der Waals surface area contributed by atoms with Crippen LogP contribution in [-0.2, 0) is 5.41 Å². The fourth-order valence-corrected chi connectivity index (χ4v) is 7.54. The van der Waals surface area contributed by atoms with Crippen LogP contribution in [0.15, 0.2) is 182 Å². The molecule has 0 bridgehead atoms. The van der Waals surface area contributed by atoms with E-state index in [2.05, 4.69) is 213 Å². The van der Waals surface area contributed by atoms with Gasteiger partial charge in [-0.3, -0.25) is 0 Å². The Balaban J connectivity index is 1.13. The minimum Gasteiger partial charge on any atom is -0.311 e. The predicted octanol–water partition coefficient (Wildman–Crippen LogP) is 13.1. The van der Waals surface area contributed by atoms with Crippen molar-refractivity contribution in [2.45, 2.75) is 32.1 Å². The van der Waals surface area contributed by atoms with Crippen LogP contribution in [0.4, 0.5) is 34.1 Å². The maximum absolute atomic E-state index is 2.42. The number of hydrogen-bond acceptors (Lipinski definition) is 2. The summed E-state index contributed by atoms with van der Waals surface area (Å²) in [6.45, 7) is 6.99. The second-order valence-electron chi connectivity index (χ2n) is 13.5. The van der Waals surface area contributed by atoms with Gasteiger partial charge in [-0.15, -0.1) is 0 Å². The minimum atomic E-state index is -0.0572. The Morgan fingerprint density at radius 3 is 1.33 bits per heavy atom. The van der Waals surface area contributed by atoms with E-state index in [1.54, 1.807) is 0 Å². The number of anilines is 6. The highest BCUT2D eigenvalue weighted by atomic mass is 15.1. The number of rotatable bonds is 8. The van der Waals surface area contributed by atoms with Crippen LogP contribution in [0.3, 0.4) is 0 Å². The molecule has 2 heteroatoms. The summed E-state index contributed by atoms with van der Waals surface area (Å²) in [6.07, 6.45) is 0. The van der Waals surface area contributed by atoms with E-state index in [4.69, 9.17) is 0 Å². The maximum Gasteiger partial charge on any atom is 0.0543 e.